The van der Waals surface area contributed by atoms with Crippen LogP contribution in [0, 0.1) is 5.92 Å². The molecule has 0 aliphatic carbocycles. The quantitative estimate of drug-likeness (QED) is 0.822. The molecule has 0 aromatic heterocycles. The van der Waals surface area contributed by atoms with Crippen molar-refractivity contribution in [3.63, 3.8) is 0 Å². The number of rotatable bonds is 6. The van der Waals surface area contributed by atoms with E-state index in [1.54, 1.807) is 0 Å². The first-order valence-electron chi connectivity index (χ1n) is 7.95. The van der Waals surface area contributed by atoms with Gasteiger partial charge in [0.15, 0.2) is 0 Å². The third kappa shape index (κ3) is 3.01. The first-order chi connectivity index (χ1) is 9.49. The van der Waals surface area contributed by atoms with E-state index < -0.39 is 0 Å². The molecule has 2 unspecified atom stereocenters. The molecule has 1 N–H and O–H groups in total. The van der Waals surface area contributed by atoms with Crippen LogP contribution in [0.1, 0.15) is 70.6 Å². The van der Waals surface area contributed by atoms with Crippen molar-refractivity contribution in [3.8, 4) is 5.75 Å². The lowest BCUT2D eigenvalue weighted by Gasteiger charge is -2.23. The molecule has 112 valence electrons. The Bertz CT molecular complexity index is 451. The molecule has 1 heterocycles. The van der Waals surface area contributed by atoms with E-state index in [9.17, 15) is 5.11 Å². The maximum absolute atomic E-state index is 10.7. The Morgan fingerprint density at radius 3 is 2.70 bits per heavy atom. The number of ether oxygens (including phenoxy) is 1. The minimum Gasteiger partial charge on any atom is -0.492 e. The molecule has 0 radical (unpaired) electrons. The summed E-state index contributed by atoms with van der Waals surface area (Å²) >= 11 is 0. The van der Waals surface area contributed by atoms with Crippen LogP contribution in [0.25, 0.3) is 0 Å². The molecule has 1 aromatic rings. The molecule has 2 atom stereocenters. The van der Waals surface area contributed by atoms with Crippen LogP contribution < -0.4 is 4.74 Å². The smallest absolute Gasteiger partial charge is 0.123 e. The molecule has 0 saturated carbocycles. The van der Waals surface area contributed by atoms with E-state index >= 15 is 0 Å². The van der Waals surface area contributed by atoms with Gasteiger partial charge in [0, 0.05) is 11.0 Å². The van der Waals surface area contributed by atoms with Crippen LogP contribution >= 0.6 is 0 Å². The molecule has 0 fully saturated rings. The normalized spacial score (nSPS) is 19.2. The topological polar surface area (TPSA) is 29.5 Å². The van der Waals surface area contributed by atoms with Gasteiger partial charge in [-0.3, -0.25) is 0 Å². The Labute approximate surface area is 123 Å². The Morgan fingerprint density at radius 1 is 1.30 bits per heavy atom. The maximum atomic E-state index is 10.7. The molecule has 1 aliphatic rings. The fourth-order valence-corrected chi connectivity index (χ4v) is 3.05. The van der Waals surface area contributed by atoms with Gasteiger partial charge in [-0.1, -0.05) is 53.0 Å². The molecule has 2 heteroatoms. The lowest BCUT2D eigenvalue weighted by molar-refractivity contribution is 0.0988. The largest absolute Gasteiger partial charge is 0.492 e. The standard InChI is InChI=1S/C18H28O2/c1-5-7-8-13(6-2)17(19)14-9-10-16-15(11-14)18(3,4)12-20-16/h9-11,13,17,19H,5-8,12H2,1-4H3. The van der Waals surface area contributed by atoms with Crippen molar-refractivity contribution in [2.45, 2.75) is 64.9 Å². The highest BCUT2D eigenvalue weighted by molar-refractivity contribution is 5.45. The van der Waals surface area contributed by atoms with Crippen molar-refractivity contribution in [1.29, 1.82) is 0 Å². The summed E-state index contributed by atoms with van der Waals surface area (Å²) in [6, 6.07) is 6.20. The molecule has 0 saturated heterocycles. The van der Waals surface area contributed by atoms with Gasteiger partial charge in [-0.25, -0.2) is 0 Å². The summed E-state index contributed by atoms with van der Waals surface area (Å²) in [4.78, 5) is 0. The average molecular weight is 276 g/mol. The number of fused-ring (bicyclic) bond motifs is 1. The third-order valence-corrected chi connectivity index (χ3v) is 4.56. The van der Waals surface area contributed by atoms with E-state index in [1.807, 2.05) is 12.1 Å². The molecule has 1 aromatic carbocycles. The summed E-state index contributed by atoms with van der Waals surface area (Å²) in [6.07, 6.45) is 4.15. The second kappa shape index (κ2) is 6.17. The van der Waals surface area contributed by atoms with Crippen LogP contribution in [0.15, 0.2) is 18.2 Å². The SMILES string of the molecule is CCCCC(CC)C(O)c1ccc2c(c1)C(C)(C)CO2. The van der Waals surface area contributed by atoms with Crippen LogP contribution in [0.3, 0.4) is 0 Å². The van der Waals surface area contributed by atoms with Gasteiger partial charge < -0.3 is 9.84 Å². The molecule has 2 rings (SSSR count). The van der Waals surface area contributed by atoms with Crippen molar-refractivity contribution in [2.75, 3.05) is 6.61 Å². The molecule has 2 nitrogen and oxygen atoms in total. The zero-order chi connectivity index (χ0) is 14.8. The first kappa shape index (κ1) is 15.4. The number of hydrogen-bond donors (Lipinski definition) is 1. The summed E-state index contributed by atoms with van der Waals surface area (Å²) in [5, 5.41) is 10.7. The zero-order valence-corrected chi connectivity index (χ0v) is 13.3. The van der Waals surface area contributed by atoms with Gasteiger partial charge in [-0.05, 0) is 30.0 Å². The second-order valence-electron chi connectivity index (χ2n) is 6.68. The van der Waals surface area contributed by atoms with Crippen molar-refractivity contribution >= 4 is 0 Å². The summed E-state index contributed by atoms with van der Waals surface area (Å²) in [5.41, 5.74) is 2.33. The van der Waals surface area contributed by atoms with Gasteiger partial charge >= 0.3 is 0 Å². The van der Waals surface area contributed by atoms with E-state index in [4.69, 9.17) is 4.74 Å². The predicted octanol–water partition coefficient (Wildman–Crippen LogP) is 4.61. The Balaban J connectivity index is 2.20. The highest BCUT2D eigenvalue weighted by atomic mass is 16.5. The van der Waals surface area contributed by atoms with Crippen molar-refractivity contribution in [1.82, 2.24) is 0 Å². The lowest BCUT2D eigenvalue weighted by atomic mass is 9.83. The molecule has 20 heavy (non-hydrogen) atoms. The highest BCUT2D eigenvalue weighted by Crippen LogP contribution is 2.40. The number of unbranched alkanes of at least 4 members (excludes halogenated alkanes) is 1. The minimum absolute atomic E-state index is 0.0518. The van der Waals surface area contributed by atoms with E-state index in [2.05, 4.69) is 33.8 Å². The van der Waals surface area contributed by atoms with E-state index in [0.717, 1.165) is 30.8 Å². The maximum Gasteiger partial charge on any atom is 0.123 e. The number of hydrogen-bond acceptors (Lipinski definition) is 2. The van der Waals surface area contributed by atoms with Crippen LogP contribution in [-0.2, 0) is 5.41 Å². The summed E-state index contributed by atoms with van der Waals surface area (Å²) < 4.78 is 5.72. The fraction of sp³-hybridized carbons (Fsp3) is 0.667. The molecule has 0 bridgehead atoms. The van der Waals surface area contributed by atoms with Crippen LogP contribution in [0.2, 0.25) is 0 Å². The predicted molar refractivity (Wildman–Crippen MR) is 83.2 cm³/mol. The Kier molecular flexibility index (Phi) is 4.74. The molecular formula is C18H28O2. The Morgan fingerprint density at radius 2 is 2.05 bits per heavy atom. The van der Waals surface area contributed by atoms with E-state index in [0.29, 0.717) is 5.92 Å². The fourth-order valence-electron chi connectivity index (χ4n) is 3.05. The van der Waals surface area contributed by atoms with E-state index in [1.165, 1.54) is 18.4 Å². The monoisotopic (exact) mass is 276 g/mol. The van der Waals surface area contributed by atoms with Gasteiger partial charge in [-0.15, -0.1) is 0 Å². The first-order valence-corrected chi connectivity index (χ1v) is 7.95. The summed E-state index contributed by atoms with van der Waals surface area (Å²) in [6.45, 7) is 9.50. The molecule has 0 amide bonds. The lowest BCUT2D eigenvalue weighted by Crippen LogP contribution is -2.19. The van der Waals surface area contributed by atoms with E-state index in [-0.39, 0.29) is 11.5 Å². The minimum atomic E-state index is -0.353. The van der Waals surface area contributed by atoms with Gasteiger partial charge in [-0.2, -0.15) is 0 Å². The average Bonchev–Trinajstić information content (AvgIpc) is 2.75. The molecule has 0 spiro atoms. The van der Waals surface area contributed by atoms with Crippen LogP contribution in [0.4, 0.5) is 0 Å². The zero-order valence-electron chi connectivity index (χ0n) is 13.3. The van der Waals surface area contributed by atoms with Crippen molar-refractivity contribution in [3.05, 3.63) is 29.3 Å². The van der Waals surface area contributed by atoms with Gasteiger partial charge in [0.1, 0.15) is 5.75 Å². The number of aliphatic hydroxyl groups is 1. The molecule has 1 aliphatic heterocycles. The summed E-state index contributed by atoms with van der Waals surface area (Å²) in [5.74, 6) is 1.34. The third-order valence-electron chi connectivity index (χ3n) is 4.56. The van der Waals surface area contributed by atoms with Crippen LogP contribution in [0.5, 0.6) is 5.75 Å². The van der Waals surface area contributed by atoms with Gasteiger partial charge in [0.05, 0.1) is 12.7 Å². The van der Waals surface area contributed by atoms with Crippen molar-refractivity contribution in [2.24, 2.45) is 5.92 Å². The summed E-state index contributed by atoms with van der Waals surface area (Å²) in [7, 11) is 0. The van der Waals surface area contributed by atoms with Crippen molar-refractivity contribution < 1.29 is 9.84 Å². The Hall–Kier alpha value is -1.02. The van der Waals surface area contributed by atoms with Crippen LogP contribution in [-0.4, -0.2) is 11.7 Å². The number of benzene rings is 1. The van der Waals surface area contributed by atoms with Gasteiger partial charge in [0.25, 0.3) is 0 Å². The number of aliphatic hydroxyl groups excluding tert-OH is 1. The highest BCUT2D eigenvalue weighted by Gasteiger charge is 2.32. The second-order valence-corrected chi connectivity index (χ2v) is 6.68. The van der Waals surface area contributed by atoms with Gasteiger partial charge in [0.2, 0.25) is 0 Å². The molecular weight excluding hydrogens is 248 g/mol.